The van der Waals surface area contributed by atoms with Crippen molar-refractivity contribution in [1.29, 1.82) is 0 Å². The van der Waals surface area contributed by atoms with E-state index < -0.39 is 6.16 Å². The van der Waals surface area contributed by atoms with Crippen molar-refractivity contribution >= 4 is 6.16 Å². The van der Waals surface area contributed by atoms with Crippen molar-refractivity contribution in [3.8, 4) is 16.9 Å². The predicted octanol–water partition coefficient (Wildman–Crippen LogP) is 5.82. The van der Waals surface area contributed by atoms with Crippen LogP contribution in [0.1, 0.15) is 63.4 Å². The Hall–Kier alpha value is -2.47. The van der Waals surface area contributed by atoms with Gasteiger partial charge in [0.15, 0.2) is 5.75 Å². The van der Waals surface area contributed by atoms with E-state index >= 15 is 0 Å². The van der Waals surface area contributed by atoms with Gasteiger partial charge in [-0.25, -0.2) is 9.18 Å². The molecule has 0 unspecified atom stereocenters. The molecule has 2 rings (SSSR count). The number of pyridine rings is 1. The van der Waals surface area contributed by atoms with E-state index in [1.807, 2.05) is 27.7 Å². The first kappa shape index (κ1) is 21.8. The van der Waals surface area contributed by atoms with Crippen molar-refractivity contribution in [2.75, 3.05) is 13.7 Å². The highest BCUT2D eigenvalue weighted by Crippen LogP contribution is 2.42. The third kappa shape index (κ3) is 4.87. The molecule has 0 spiro atoms. The number of methoxy groups -OCH3 is 1. The molecule has 0 aliphatic rings. The number of nitrogens with zero attached hydrogens (tertiary/aromatic N) is 1. The van der Waals surface area contributed by atoms with E-state index in [9.17, 15) is 9.18 Å². The van der Waals surface area contributed by atoms with E-state index in [2.05, 4.69) is 0 Å². The van der Waals surface area contributed by atoms with Crippen molar-refractivity contribution < 1.29 is 23.4 Å². The Bertz CT molecular complexity index is 816. The van der Waals surface area contributed by atoms with Crippen LogP contribution in [0.15, 0.2) is 24.3 Å². The molecule has 1 heterocycles. The SMILES string of the molecule is CCOC(=O)Oc1c(C(C)C)nc(C(C)C)c(COC)c1-c1ccc(F)cc1. The molecule has 1 aromatic heterocycles. The summed E-state index contributed by atoms with van der Waals surface area (Å²) in [5.74, 6) is 0.111. The Morgan fingerprint density at radius 3 is 2.18 bits per heavy atom. The summed E-state index contributed by atoms with van der Waals surface area (Å²) in [7, 11) is 1.60. The van der Waals surface area contributed by atoms with Gasteiger partial charge in [-0.3, -0.25) is 4.98 Å². The third-order valence-corrected chi connectivity index (χ3v) is 4.27. The Kier molecular flexibility index (Phi) is 7.52. The van der Waals surface area contributed by atoms with Gasteiger partial charge in [0.1, 0.15) is 5.82 Å². The number of carbonyl (C=O) groups excluding carboxylic acids is 1. The molecular formula is C22H28FNO4. The first-order valence-corrected chi connectivity index (χ1v) is 9.46. The van der Waals surface area contributed by atoms with Gasteiger partial charge < -0.3 is 14.2 Å². The second-order valence-electron chi connectivity index (χ2n) is 7.10. The van der Waals surface area contributed by atoms with E-state index in [1.165, 1.54) is 12.1 Å². The summed E-state index contributed by atoms with van der Waals surface area (Å²) in [5, 5.41) is 0. The monoisotopic (exact) mass is 389 g/mol. The molecule has 0 saturated heterocycles. The molecule has 0 atom stereocenters. The molecule has 0 aliphatic heterocycles. The highest BCUT2D eigenvalue weighted by atomic mass is 19.1. The highest BCUT2D eigenvalue weighted by Gasteiger charge is 2.27. The lowest BCUT2D eigenvalue weighted by Gasteiger charge is -2.23. The highest BCUT2D eigenvalue weighted by molar-refractivity contribution is 5.79. The summed E-state index contributed by atoms with van der Waals surface area (Å²) < 4.78 is 29.6. The largest absolute Gasteiger partial charge is 0.513 e. The molecule has 0 N–H and O–H groups in total. The molecular weight excluding hydrogens is 361 g/mol. The van der Waals surface area contributed by atoms with E-state index in [0.29, 0.717) is 17.0 Å². The summed E-state index contributed by atoms with van der Waals surface area (Å²) in [5.41, 5.74) is 3.72. The van der Waals surface area contributed by atoms with Gasteiger partial charge in [-0.1, -0.05) is 39.8 Å². The summed E-state index contributed by atoms with van der Waals surface area (Å²) in [6.45, 7) is 10.2. The fourth-order valence-corrected chi connectivity index (χ4v) is 3.06. The third-order valence-electron chi connectivity index (χ3n) is 4.27. The number of carbonyl (C=O) groups is 1. The second-order valence-corrected chi connectivity index (χ2v) is 7.10. The number of ether oxygens (including phenoxy) is 3. The minimum Gasteiger partial charge on any atom is -0.434 e. The van der Waals surface area contributed by atoms with Gasteiger partial charge >= 0.3 is 6.16 Å². The topological polar surface area (TPSA) is 57.7 Å². The van der Waals surface area contributed by atoms with Gasteiger partial charge in [0.05, 0.1) is 18.9 Å². The maximum Gasteiger partial charge on any atom is 0.513 e. The van der Waals surface area contributed by atoms with Gasteiger partial charge in [-0.15, -0.1) is 0 Å². The maximum atomic E-state index is 13.5. The number of hydrogen-bond donors (Lipinski definition) is 0. The molecule has 0 fully saturated rings. The number of aromatic nitrogens is 1. The van der Waals surface area contributed by atoms with E-state index in [4.69, 9.17) is 19.2 Å². The lowest BCUT2D eigenvalue weighted by atomic mass is 9.91. The van der Waals surface area contributed by atoms with Gasteiger partial charge in [-0.05, 0) is 36.5 Å². The van der Waals surface area contributed by atoms with Gasteiger partial charge in [-0.2, -0.15) is 0 Å². The summed E-state index contributed by atoms with van der Waals surface area (Å²) in [6.07, 6.45) is -0.796. The van der Waals surface area contributed by atoms with Crippen LogP contribution < -0.4 is 4.74 Å². The lowest BCUT2D eigenvalue weighted by Crippen LogP contribution is -2.16. The first-order valence-electron chi connectivity index (χ1n) is 9.46. The number of rotatable bonds is 7. The Morgan fingerprint density at radius 1 is 1.07 bits per heavy atom. The molecule has 28 heavy (non-hydrogen) atoms. The average Bonchev–Trinajstić information content (AvgIpc) is 2.63. The zero-order valence-electron chi connectivity index (χ0n) is 17.3. The molecule has 152 valence electrons. The van der Waals surface area contributed by atoms with Gasteiger partial charge in [0, 0.05) is 23.9 Å². The molecule has 1 aromatic carbocycles. The van der Waals surface area contributed by atoms with Crippen molar-refractivity contribution in [3.05, 3.63) is 47.0 Å². The Morgan fingerprint density at radius 2 is 1.68 bits per heavy atom. The van der Waals surface area contributed by atoms with Crippen molar-refractivity contribution in [3.63, 3.8) is 0 Å². The fraction of sp³-hybridized carbons (Fsp3) is 0.455. The van der Waals surface area contributed by atoms with Crippen LogP contribution in [-0.2, 0) is 16.1 Å². The molecule has 0 amide bonds. The van der Waals surface area contributed by atoms with Crippen LogP contribution in [0.4, 0.5) is 9.18 Å². The Balaban J connectivity index is 2.86. The van der Waals surface area contributed by atoms with Crippen LogP contribution in [0, 0.1) is 5.82 Å². The summed E-state index contributed by atoms with van der Waals surface area (Å²) in [6, 6.07) is 6.08. The van der Waals surface area contributed by atoms with E-state index in [0.717, 1.165) is 16.8 Å². The maximum absolute atomic E-state index is 13.5. The first-order chi connectivity index (χ1) is 13.3. The normalized spacial score (nSPS) is 11.2. The van der Waals surface area contributed by atoms with Gasteiger partial charge in [0.2, 0.25) is 0 Å². The van der Waals surface area contributed by atoms with E-state index in [1.54, 1.807) is 26.2 Å². The number of benzene rings is 1. The smallest absolute Gasteiger partial charge is 0.434 e. The summed E-state index contributed by atoms with van der Waals surface area (Å²) in [4.78, 5) is 17.0. The summed E-state index contributed by atoms with van der Waals surface area (Å²) >= 11 is 0. The quantitative estimate of drug-likeness (QED) is 0.559. The second kappa shape index (κ2) is 9.64. The minimum absolute atomic E-state index is 0.00211. The predicted molar refractivity (Wildman–Crippen MR) is 106 cm³/mol. The van der Waals surface area contributed by atoms with Crippen LogP contribution in [0.2, 0.25) is 0 Å². The van der Waals surface area contributed by atoms with Crippen molar-refractivity contribution in [1.82, 2.24) is 4.98 Å². The van der Waals surface area contributed by atoms with E-state index in [-0.39, 0.29) is 30.9 Å². The number of halogens is 1. The van der Waals surface area contributed by atoms with Gasteiger partial charge in [0.25, 0.3) is 0 Å². The minimum atomic E-state index is -0.796. The fourth-order valence-electron chi connectivity index (χ4n) is 3.06. The standard InChI is InChI=1S/C22H28FNO4/c1-7-27-22(25)28-21-18(15-8-10-16(23)11-9-15)17(12-26-6)19(13(2)3)24-20(21)14(4)5/h8-11,13-14H,7,12H2,1-6H3. The van der Waals surface area contributed by atoms with Crippen LogP contribution in [0.5, 0.6) is 5.75 Å². The molecule has 0 aliphatic carbocycles. The molecule has 2 aromatic rings. The molecule has 5 nitrogen and oxygen atoms in total. The Labute approximate surface area is 165 Å². The molecule has 0 radical (unpaired) electrons. The van der Waals surface area contributed by atoms with Crippen molar-refractivity contribution in [2.45, 2.75) is 53.1 Å². The van der Waals surface area contributed by atoms with Crippen LogP contribution >= 0.6 is 0 Å². The van der Waals surface area contributed by atoms with Crippen molar-refractivity contribution in [2.24, 2.45) is 0 Å². The van der Waals surface area contributed by atoms with Crippen LogP contribution in [0.25, 0.3) is 11.1 Å². The number of hydrogen-bond acceptors (Lipinski definition) is 5. The lowest BCUT2D eigenvalue weighted by molar-refractivity contribution is 0.103. The average molecular weight is 389 g/mol. The molecule has 0 bridgehead atoms. The zero-order valence-corrected chi connectivity index (χ0v) is 17.3. The zero-order chi connectivity index (χ0) is 20.8. The van der Waals surface area contributed by atoms with Crippen LogP contribution in [-0.4, -0.2) is 24.9 Å². The van der Waals surface area contributed by atoms with Crippen LogP contribution in [0.3, 0.4) is 0 Å². The molecule has 0 saturated carbocycles. The molecule has 6 heteroatoms.